The van der Waals surface area contributed by atoms with Crippen molar-refractivity contribution in [2.24, 2.45) is 5.92 Å². The number of aliphatic hydroxyl groups excluding tert-OH is 1. The van der Waals surface area contributed by atoms with Gasteiger partial charge in [0.05, 0.1) is 26.4 Å². The molecule has 0 aliphatic rings. The molecule has 0 radical (unpaired) electrons. The summed E-state index contributed by atoms with van der Waals surface area (Å²) in [4.78, 5) is 73.2. The van der Waals surface area contributed by atoms with E-state index in [9.17, 15) is 43.2 Å². The number of esters is 4. The minimum absolute atomic E-state index is 0.109. The molecule has 0 saturated heterocycles. The van der Waals surface area contributed by atoms with E-state index < -0.39 is 97.5 Å². The fourth-order valence-electron chi connectivity index (χ4n) is 13.1. The van der Waals surface area contributed by atoms with Gasteiger partial charge in [0, 0.05) is 25.7 Å². The molecule has 17 nitrogen and oxygen atoms in total. The number of hydrogen-bond donors (Lipinski definition) is 3. The molecule has 3 unspecified atom stereocenters. The maximum absolute atomic E-state index is 13.1. The van der Waals surface area contributed by atoms with Gasteiger partial charge < -0.3 is 33.8 Å². The third-order valence-electron chi connectivity index (χ3n) is 20.1. The summed E-state index contributed by atoms with van der Waals surface area (Å²) in [5.74, 6) is -1.29. The van der Waals surface area contributed by atoms with Crippen molar-refractivity contribution in [1.29, 1.82) is 0 Å². The normalized spacial score (nSPS) is 14.1. The Balaban J connectivity index is 5.23. The van der Waals surface area contributed by atoms with Crippen molar-refractivity contribution < 1.29 is 80.2 Å². The highest BCUT2D eigenvalue weighted by Gasteiger charge is 2.30. The third-order valence-corrected chi connectivity index (χ3v) is 22.0. The first-order chi connectivity index (χ1) is 50.1. The standard InChI is InChI=1S/C84H164O17P2/c1-6-10-13-16-19-22-25-28-30-31-32-33-34-35-36-37-40-43-50-55-60-65-70-84(89)101-80(74-95-82(87)68-63-58-53-48-45-44-46-51-56-61-66-77(5)9-4)76-99-103(92,93)97-72-78(85)71-96-102(90,91)98-75-79(73-94-81(86)67-62-57-52-47-41-38-27-24-21-18-15-12-8-3)100-83(88)69-64-59-54-49-42-39-29-26-23-20-17-14-11-7-2/h77-80,85H,6-76H2,1-5H3,(H,90,91)(H,92,93)/t77?,78-,79+,80+/m0/s1. The summed E-state index contributed by atoms with van der Waals surface area (Å²) in [5, 5.41) is 10.7. The van der Waals surface area contributed by atoms with Gasteiger partial charge in [-0.3, -0.25) is 37.3 Å². The Morgan fingerprint density at radius 1 is 0.272 bits per heavy atom. The van der Waals surface area contributed by atoms with Crippen molar-refractivity contribution >= 4 is 39.5 Å². The van der Waals surface area contributed by atoms with Crippen LogP contribution in [-0.2, 0) is 65.4 Å². The lowest BCUT2D eigenvalue weighted by Gasteiger charge is -2.21. The third kappa shape index (κ3) is 76.6. The van der Waals surface area contributed by atoms with Crippen molar-refractivity contribution in [3.63, 3.8) is 0 Å². The number of hydrogen-bond acceptors (Lipinski definition) is 15. The molecule has 612 valence electrons. The van der Waals surface area contributed by atoms with Crippen LogP contribution in [0.3, 0.4) is 0 Å². The average Bonchev–Trinajstić information content (AvgIpc) is 0.998. The summed E-state index contributed by atoms with van der Waals surface area (Å²) in [6.45, 7) is 7.38. The van der Waals surface area contributed by atoms with Gasteiger partial charge in [0.1, 0.15) is 19.3 Å². The van der Waals surface area contributed by atoms with E-state index >= 15 is 0 Å². The van der Waals surface area contributed by atoms with Crippen LogP contribution in [0.1, 0.15) is 452 Å². The molecule has 0 aliphatic carbocycles. The molecule has 0 aromatic heterocycles. The van der Waals surface area contributed by atoms with Crippen molar-refractivity contribution in [2.45, 2.75) is 470 Å². The fourth-order valence-corrected chi connectivity index (χ4v) is 14.7. The number of phosphoric ester groups is 2. The molecule has 0 fully saturated rings. The van der Waals surface area contributed by atoms with Gasteiger partial charge in [-0.15, -0.1) is 0 Å². The first-order valence-corrected chi connectivity index (χ1v) is 46.7. The smallest absolute Gasteiger partial charge is 0.462 e. The summed E-state index contributed by atoms with van der Waals surface area (Å²) >= 11 is 0. The van der Waals surface area contributed by atoms with Crippen molar-refractivity contribution in [3.8, 4) is 0 Å². The second-order valence-electron chi connectivity index (χ2n) is 30.5. The van der Waals surface area contributed by atoms with Crippen LogP contribution >= 0.6 is 15.6 Å². The van der Waals surface area contributed by atoms with Crippen molar-refractivity contribution in [1.82, 2.24) is 0 Å². The van der Waals surface area contributed by atoms with E-state index in [0.717, 1.165) is 95.8 Å². The lowest BCUT2D eigenvalue weighted by molar-refractivity contribution is -0.161. The Hall–Kier alpha value is -1.94. The van der Waals surface area contributed by atoms with E-state index in [2.05, 4.69) is 34.6 Å². The summed E-state index contributed by atoms with van der Waals surface area (Å²) < 4.78 is 68.8. The van der Waals surface area contributed by atoms with E-state index in [-0.39, 0.29) is 25.7 Å². The van der Waals surface area contributed by atoms with Gasteiger partial charge in [-0.05, 0) is 31.6 Å². The van der Waals surface area contributed by atoms with E-state index in [4.69, 9.17) is 37.0 Å². The lowest BCUT2D eigenvalue weighted by atomic mass is 9.99. The van der Waals surface area contributed by atoms with Gasteiger partial charge in [-0.1, -0.05) is 401 Å². The van der Waals surface area contributed by atoms with Gasteiger partial charge in [-0.25, -0.2) is 9.13 Å². The maximum Gasteiger partial charge on any atom is 0.472 e. The number of unbranched alkanes of at least 4 members (excludes halogenated alkanes) is 55. The van der Waals surface area contributed by atoms with Gasteiger partial charge in [0.25, 0.3) is 0 Å². The summed E-state index contributed by atoms with van der Waals surface area (Å²) in [6.07, 6.45) is 69.3. The highest BCUT2D eigenvalue weighted by molar-refractivity contribution is 7.47. The summed E-state index contributed by atoms with van der Waals surface area (Å²) in [6, 6.07) is 0. The number of aliphatic hydroxyl groups is 1. The molecule has 0 bridgehead atoms. The Morgan fingerprint density at radius 2 is 0.466 bits per heavy atom. The van der Waals surface area contributed by atoms with E-state index in [1.54, 1.807) is 0 Å². The minimum Gasteiger partial charge on any atom is -0.462 e. The van der Waals surface area contributed by atoms with Crippen LogP contribution in [0.5, 0.6) is 0 Å². The van der Waals surface area contributed by atoms with Crippen LogP contribution in [0.4, 0.5) is 0 Å². The molecule has 0 aromatic rings. The highest BCUT2D eigenvalue weighted by atomic mass is 31.2. The highest BCUT2D eigenvalue weighted by Crippen LogP contribution is 2.45. The summed E-state index contributed by atoms with van der Waals surface area (Å²) in [7, 11) is -9.92. The zero-order chi connectivity index (χ0) is 75.5. The second kappa shape index (κ2) is 76.8. The molecule has 0 aliphatic heterocycles. The SMILES string of the molecule is CCCCCCCCCCCCCCCCCCCCCCCCC(=O)O[C@H](COC(=O)CCCCCCCCCCCCC(C)CC)COP(=O)(O)OC[C@@H](O)COP(=O)(O)OC[C@@H](COC(=O)CCCCCCCCCCCCCCC)OC(=O)CCCCCCCCCCCCCCCC. The van der Waals surface area contributed by atoms with Gasteiger partial charge in [0.2, 0.25) is 0 Å². The summed E-state index contributed by atoms with van der Waals surface area (Å²) in [5.41, 5.74) is 0. The molecular weight excluding hydrogens is 1340 g/mol. The molecule has 19 heteroatoms. The van der Waals surface area contributed by atoms with E-state index in [1.807, 2.05) is 0 Å². The first-order valence-electron chi connectivity index (χ1n) is 43.7. The van der Waals surface area contributed by atoms with Gasteiger partial charge in [-0.2, -0.15) is 0 Å². The number of ether oxygens (including phenoxy) is 4. The van der Waals surface area contributed by atoms with Crippen LogP contribution < -0.4 is 0 Å². The molecule has 0 saturated carbocycles. The maximum atomic E-state index is 13.1. The molecule has 0 amide bonds. The number of carbonyl (C=O) groups excluding carboxylic acids is 4. The topological polar surface area (TPSA) is 237 Å². The molecule has 103 heavy (non-hydrogen) atoms. The molecule has 0 rings (SSSR count). The van der Waals surface area contributed by atoms with Crippen LogP contribution in [-0.4, -0.2) is 96.7 Å². The monoisotopic (exact) mass is 1510 g/mol. The minimum atomic E-state index is -4.96. The van der Waals surface area contributed by atoms with E-state index in [0.29, 0.717) is 25.7 Å². The van der Waals surface area contributed by atoms with Crippen LogP contribution in [0.15, 0.2) is 0 Å². The predicted octanol–water partition coefficient (Wildman–Crippen LogP) is 25.6. The lowest BCUT2D eigenvalue weighted by Crippen LogP contribution is -2.30. The number of rotatable bonds is 84. The molecular formula is C84H164O17P2. The fraction of sp³-hybridized carbons (Fsp3) is 0.952. The first kappa shape index (κ1) is 101. The average molecular weight is 1510 g/mol. The Bertz CT molecular complexity index is 1960. The zero-order valence-corrected chi connectivity index (χ0v) is 69.3. The number of phosphoric acid groups is 2. The quantitative estimate of drug-likeness (QED) is 0.0222. The van der Waals surface area contributed by atoms with Crippen LogP contribution in [0, 0.1) is 5.92 Å². The second-order valence-corrected chi connectivity index (χ2v) is 33.4. The Kier molecular flexibility index (Phi) is 75.4. The van der Waals surface area contributed by atoms with E-state index in [1.165, 1.54) is 276 Å². The zero-order valence-electron chi connectivity index (χ0n) is 67.5. The Labute approximate surface area is 632 Å². The number of carbonyl (C=O) groups is 4. The van der Waals surface area contributed by atoms with Crippen LogP contribution in [0.2, 0.25) is 0 Å². The Morgan fingerprint density at radius 3 is 0.689 bits per heavy atom. The van der Waals surface area contributed by atoms with Gasteiger partial charge in [0.15, 0.2) is 12.2 Å². The molecule has 0 heterocycles. The van der Waals surface area contributed by atoms with Gasteiger partial charge >= 0.3 is 39.5 Å². The molecule has 0 spiro atoms. The molecule has 3 N–H and O–H groups in total. The van der Waals surface area contributed by atoms with Crippen molar-refractivity contribution in [2.75, 3.05) is 39.6 Å². The molecule has 0 aromatic carbocycles. The predicted molar refractivity (Wildman–Crippen MR) is 423 cm³/mol. The van der Waals surface area contributed by atoms with Crippen molar-refractivity contribution in [3.05, 3.63) is 0 Å². The largest absolute Gasteiger partial charge is 0.472 e. The van der Waals surface area contributed by atoms with Crippen LogP contribution in [0.25, 0.3) is 0 Å². The molecule has 6 atom stereocenters.